The lowest BCUT2D eigenvalue weighted by atomic mass is 10.1. The van der Waals surface area contributed by atoms with Crippen LogP contribution in [0.25, 0.3) is 0 Å². The fraction of sp³-hybridized carbons (Fsp3) is 0.0714. The number of nitrogens with two attached hydrogens (primary N) is 1. The van der Waals surface area contributed by atoms with E-state index in [9.17, 15) is 18.5 Å². The number of nitrogens with one attached hydrogen (secondary N) is 1. The van der Waals surface area contributed by atoms with Gasteiger partial charge in [-0.25, -0.2) is 0 Å². The normalized spacial score (nSPS) is 12.0. The molecule has 0 unspecified atom stereocenters. The number of anilines is 1. The standard InChI is InChI=1S/C14H14N4O4S/c1-10(11-2-4-12(15)5-3-11)16-17-23(21,22)14-8-6-13(7-9-14)18(19)20/h2-9,17H,15H2,1H3. The molecule has 0 amide bonds. The Morgan fingerprint density at radius 3 is 2.22 bits per heavy atom. The van der Waals surface area contributed by atoms with Crippen LogP contribution in [0, 0.1) is 10.1 Å². The summed E-state index contributed by atoms with van der Waals surface area (Å²) in [4.78, 5) is 11.9. The smallest absolute Gasteiger partial charge is 0.276 e. The monoisotopic (exact) mass is 334 g/mol. The van der Waals surface area contributed by atoms with E-state index in [1.54, 1.807) is 31.2 Å². The molecule has 0 saturated carbocycles. The summed E-state index contributed by atoms with van der Waals surface area (Å²) in [5.74, 6) is 0. The second-order valence-corrected chi connectivity index (χ2v) is 6.33. The number of hydrogen-bond acceptors (Lipinski definition) is 6. The Labute approximate surface area is 132 Å². The highest BCUT2D eigenvalue weighted by atomic mass is 32.2. The van der Waals surface area contributed by atoms with E-state index in [0.717, 1.165) is 24.3 Å². The van der Waals surface area contributed by atoms with Crippen molar-refractivity contribution in [1.29, 1.82) is 0 Å². The molecule has 0 radical (unpaired) electrons. The summed E-state index contributed by atoms with van der Waals surface area (Å²) >= 11 is 0. The zero-order chi connectivity index (χ0) is 17.0. The van der Waals surface area contributed by atoms with Crippen molar-refractivity contribution >= 4 is 27.1 Å². The van der Waals surface area contributed by atoms with Crippen LogP contribution < -0.4 is 10.6 Å². The molecule has 0 aliphatic rings. The van der Waals surface area contributed by atoms with Crippen LogP contribution in [0.2, 0.25) is 0 Å². The van der Waals surface area contributed by atoms with Gasteiger partial charge in [-0.15, -0.1) is 0 Å². The Hall–Kier alpha value is -2.94. The molecule has 0 bridgehead atoms. The molecular weight excluding hydrogens is 320 g/mol. The molecule has 23 heavy (non-hydrogen) atoms. The van der Waals surface area contributed by atoms with E-state index in [4.69, 9.17) is 5.73 Å². The Morgan fingerprint density at radius 1 is 1.13 bits per heavy atom. The van der Waals surface area contributed by atoms with Gasteiger partial charge in [0.05, 0.1) is 15.5 Å². The SMILES string of the molecule is CC(=NNS(=O)(=O)c1ccc([N+](=O)[O-])cc1)c1ccc(N)cc1. The van der Waals surface area contributed by atoms with E-state index in [2.05, 4.69) is 9.93 Å². The number of sulfonamides is 1. The molecule has 0 aliphatic carbocycles. The molecule has 120 valence electrons. The summed E-state index contributed by atoms with van der Waals surface area (Å²) in [7, 11) is -3.90. The van der Waals surface area contributed by atoms with Crippen LogP contribution in [-0.4, -0.2) is 19.1 Å². The van der Waals surface area contributed by atoms with E-state index in [1.807, 2.05) is 0 Å². The molecule has 9 heteroatoms. The molecular formula is C14H14N4O4S. The van der Waals surface area contributed by atoms with Crippen molar-refractivity contribution < 1.29 is 13.3 Å². The third kappa shape index (κ3) is 4.04. The topological polar surface area (TPSA) is 128 Å². The number of nitrogens with zero attached hydrogens (tertiary/aromatic N) is 2. The van der Waals surface area contributed by atoms with Gasteiger partial charge in [-0.2, -0.15) is 18.4 Å². The molecule has 2 aromatic carbocycles. The third-order valence-corrected chi connectivity index (χ3v) is 4.24. The van der Waals surface area contributed by atoms with Crippen LogP contribution in [0.4, 0.5) is 11.4 Å². The first-order valence-electron chi connectivity index (χ1n) is 6.46. The van der Waals surface area contributed by atoms with Gasteiger partial charge in [-0.1, -0.05) is 12.1 Å². The largest absolute Gasteiger partial charge is 0.399 e. The van der Waals surface area contributed by atoms with Crippen LogP contribution in [0.15, 0.2) is 58.5 Å². The fourth-order valence-corrected chi connectivity index (χ4v) is 2.57. The highest BCUT2D eigenvalue weighted by Crippen LogP contribution is 2.15. The molecule has 3 N–H and O–H groups in total. The summed E-state index contributed by atoms with van der Waals surface area (Å²) in [6.07, 6.45) is 0. The Kier molecular flexibility index (Phi) is 4.60. The molecule has 0 saturated heterocycles. The van der Waals surface area contributed by atoms with Gasteiger partial charge in [0.2, 0.25) is 0 Å². The average Bonchev–Trinajstić information content (AvgIpc) is 2.53. The van der Waals surface area contributed by atoms with Gasteiger partial charge in [0, 0.05) is 17.8 Å². The first-order valence-corrected chi connectivity index (χ1v) is 7.94. The van der Waals surface area contributed by atoms with Crippen LogP contribution >= 0.6 is 0 Å². The van der Waals surface area contributed by atoms with E-state index < -0.39 is 14.9 Å². The number of non-ortho nitro benzene ring substituents is 1. The molecule has 0 fully saturated rings. The van der Waals surface area contributed by atoms with E-state index in [1.165, 1.54) is 0 Å². The van der Waals surface area contributed by atoms with Crippen LogP contribution in [0.1, 0.15) is 12.5 Å². The third-order valence-electron chi connectivity index (χ3n) is 3.02. The van der Waals surface area contributed by atoms with Crippen LogP contribution in [0.5, 0.6) is 0 Å². The Bertz CT molecular complexity index is 843. The second-order valence-electron chi connectivity index (χ2n) is 4.66. The zero-order valence-corrected chi connectivity index (χ0v) is 12.9. The van der Waals surface area contributed by atoms with E-state index in [-0.39, 0.29) is 10.6 Å². The van der Waals surface area contributed by atoms with Gasteiger partial charge in [0.15, 0.2) is 0 Å². The maximum atomic E-state index is 12.1. The Balaban J connectivity index is 2.18. The number of rotatable bonds is 5. The molecule has 0 aromatic heterocycles. The molecule has 2 rings (SSSR count). The summed E-state index contributed by atoms with van der Waals surface area (Å²) in [6, 6.07) is 11.3. The van der Waals surface area contributed by atoms with Gasteiger partial charge in [-0.05, 0) is 36.8 Å². The summed E-state index contributed by atoms with van der Waals surface area (Å²) < 4.78 is 24.2. The molecule has 0 aliphatic heterocycles. The summed E-state index contributed by atoms with van der Waals surface area (Å²) in [5, 5.41) is 14.4. The van der Waals surface area contributed by atoms with Gasteiger partial charge in [-0.3, -0.25) is 10.1 Å². The first-order chi connectivity index (χ1) is 10.8. The maximum absolute atomic E-state index is 12.1. The minimum atomic E-state index is -3.90. The van der Waals surface area contributed by atoms with Crippen molar-refractivity contribution in [2.45, 2.75) is 11.8 Å². The zero-order valence-electron chi connectivity index (χ0n) is 12.1. The van der Waals surface area contributed by atoms with Crippen LogP contribution in [0.3, 0.4) is 0 Å². The minimum Gasteiger partial charge on any atom is -0.399 e. The van der Waals surface area contributed by atoms with Gasteiger partial charge >= 0.3 is 0 Å². The highest BCUT2D eigenvalue weighted by molar-refractivity contribution is 7.89. The van der Waals surface area contributed by atoms with Crippen molar-refractivity contribution in [3.8, 4) is 0 Å². The molecule has 0 atom stereocenters. The van der Waals surface area contributed by atoms with Crippen molar-refractivity contribution in [3.05, 3.63) is 64.2 Å². The minimum absolute atomic E-state index is 0.114. The van der Waals surface area contributed by atoms with Crippen molar-refractivity contribution in [1.82, 2.24) is 4.83 Å². The molecule has 8 nitrogen and oxygen atoms in total. The second kappa shape index (κ2) is 6.44. The predicted octanol–water partition coefficient (Wildman–Crippen LogP) is 1.88. The maximum Gasteiger partial charge on any atom is 0.276 e. The summed E-state index contributed by atoms with van der Waals surface area (Å²) in [5.41, 5.74) is 7.15. The van der Waals surface area contributed by atoms with Crippen molar-refractivity contribution in [3.63, 3.8) is 0 Å². The van der Waals surface area contributed by atoms with Crippen LogP contribution in [-0.2, 0) is 10.0 Å². The molecule has 0 spiro atoms. The highest BCUT2D eigenvalue weighted by Gasteiger charge is 2.15. The van der Waals surface area contributed by atoms with Gasteiger partial charge < -0.3 is 5.73 Å². The number of nitrogen functional groups attached to an aromatic ring is 1. The van der Waals surface area contributed by atoms with Crippen molar-refractivity contribution in [2.24, 2.45) is 5.10 Å². The number of nitro groups is 1. The average molecular weight is 334 g/mol. The van der Waals surface area contributed by atoms with E-state index >= 15 is 0 Å². The molecule has 0 heterocycles. The van der Waals surface area contributed by atoms with E-state index in [0.29, 0.717) is 17.0 Å². The Morgan fingerprint density at radius 2 is 1.70 bits per heavy atom. The lowest BCUT2D eigenvalue weighted by Gasteiger charge is -2.05. The van der Waals surface area contributed by atoms with Gasteiger partial charge in [0.25, 0.3) is 15.7 Å². The van der Waals surface area contributed by atoms with Gasteiger partial charge in [0.1, 0.15) is 0 Å². The predicted molar refractivity (Wildman–Crippen MR) is 86.5 cm³/mol. The lowest BCUT2D eigenvalue weighted by molar-refractivity contribution is -0.384. The number of nitro benzene ring substituents is 1. The number of hydrazone groups is 1. The number of benzene rings is 2. The quantitative estimate of drug-likeness (QED) is 0.373. The van der Waals surface area contributed by atoms with Crippen molar-refractivity contribution in [2.75, 3.05) is 5.73 Å². The number of hydrogen-bond donors (Lipinski definition) is 2. The summed E-state index contributed by atoms with van der Waals surface area (Å²) in [6.45, 7) is 1.64. The fourth-order valence-electron chi connectivity index (χ4n) is 1.72. The molecule has 2 aromatic rings. The lowest BCUT2D eigenvalue weighted by Crippen LogP contribution is -2.20. The first kappa shape index (κ1) is 16.4.